The highest BCUT2D eigenvalue weighted by Crippen LogP contribution is 2.33. The zero-order chi connectivity index (χ0) is 31.7. The second-order valence-electron chi connectivity index (χ2n) is 10.6. The van der Waals surface area contributed by atoms with Crippen molar-refractivity contribution in [2.75, 3.05) is 28.8 Å². The van der Waals surface area contributed by atoms with E-state index in [1.165, 1.54) is 11.3 Å². The molecule has 0 spiro atoms. The standard InChI is InChI=1S/C34H33N7O3S2/c42-32(39-40-38-28-14-4-5-15-29(28)45)26-13-6-9-23-17-19-41(22-27(23)26)34-37-31(33(43)36-24-10-7-18-35-21-24)30(46-34)16-8-20-44-25-11-2-1-3-12-25/h1-7,9-15,18,21,38,40,45H,8,16-17,19-20,22H2,(H,36,43)(H,39,42). The number of aryl methyl sites for hydroxylation is 1. The molecule has 0 bridgehead atoms. The van der Waals surface area contributed by atoms with Gasteiger partial charge in [-0.1, -0.05) is 42.5 Å². The van der Waals surface area contributed by atoms with Gasteiger partial charge in [-0.25, -0.2) is 4.98 Å². The van der Waals surface area contributed by atoms with Crippen LogP contribution < -0.4 is 31.3 Å². The Hall–Kier alpha value is -4.91. The molecule has 3 heterocycles. The average Bonchev–Trinajstić information content (AvgIpc) is 3.52. The third kappa shape index (κ3) is 7.65. The van der Waals surface area contributed by atoms with E-state index in [4.69, 9.17) is 9.72 Å². The smallest absolute Gasteiger partial charge is 0.275 e. The number of nitrogens with one attached hydrogen (secondary N) is 4. The molecule has 0 unspecified atom stereocenters. The van der Waals surface area contributed by atoms with Gasteiger partial charge in [0.1, 0.15) is 11.4 Å². The molecular weight excluding hydrogens is 619 g/mol. The van der Waals surface area contributed by atoms with Gasteiger partial charge in [0.05, 0.1) is 24.2 Å². The van der Waals surface area contributed by atoms with Gasteiger partial charge in [-0.2, -0.15) is 0 Å². The first kappa shape index (κ1) is 31.1. The minimum absolute atomic E-state index is 0.266. The van der Waals surface area contributed by atoms with E-state index in [9.17, 15) is 9.59 Å². The highest BCUT2D eigenvalue weighted by Gasteiger charge is 2.26. The SMILES string of the molecule is O=C(NNNc1ccccc1S)c1cccc2c1CN(c1nc(C(=O)Nc3cccnc3)c(CCCOc3ccccc3)s1)CC2. The summed E-state index contributed by atoms with van der Waals surface area (Å²) >= 11 is 5.93. The number of nitrogens with zero attached hydrogens (tertiary/aromatic N) is 3. The van der Waals surface area contributed by atoms with Crippen LogP contribution in [0.4, 0.5) is 16.5 Å². The van der Waals surface area contributed by atoms with Crippen molar-refractivity contribution in [1.29, 1.82) is 0 Å². The van der Waals surface area contributed by atoms with E-state index < -0.39 is 0 Å². The summed E-state index contributed by atoms with van der Waals surface area (Å²) in [4.78, 5) is 39.4. The van der Waals surface area contributed by atoms with Crippen LogP contribution in [0.1, 0.15) is 43.3 Å². The average molecular weight is 652 g/mol. The summed E-state index contributed by atoms with van der Waals surface area (Å²) in [5, 5.41) is 3.67. The van der Waals surface area contributed by atoms with Crippen molar-refractivity contribution in [3.63, 3.8) is 0 Å². The molecule has 1 aliphatic rings. The van der Waals surface area contributed by atoms with Crippen molar-refractivity contribution in [2.24, 2.45) is 0 Å². The number of carbonyl (C=O) groups excluding carboxylic acids is 2. The number of hydrogen-bond donors (Lipinski definition) is 5. The monoisotopic (exact) mass is 651 g/mol. The third-order valence-electron chi connectivity index (χ3n) is 7.45. The number of ether oxygens (including phenoxy) is 1. The largest absolute Gasteiger partial charge is 0.494 e. The lowest BCUT2D eigenvalue weighted by molar-refractivity contribution is 0.0935. The van der Waals surface area contributed by atoms with Gasteiger partial charge in [-0.3, -0.25) is 20.0 Å². The number of carbonyl (C=O) groups is 2. The van der Waals surface area contributed by atoms with E-state index in [0.29, 0.717) is 43.1 Å². The Kier molecular flexibility index (Phi) is 10.1. The maximum absolute atomic E-state index is 13.4. The Morgan fingerprint density at radius 3 is 2.63 bits per heavy atom. The molecule has 5 aromatic rings. The van der Waals surface area contributed by atoms with Crippen LogP contribution >= 0.6 is 24.0 Å². The first-order valence-electron chi connectivity index (χ1n) is 14.9. The Balaban J connectivity index is 1.17. The molecule has 3 aromatic carbocycles. The second-order valence-corrected chi connectivity index (χ2v) is 12.1. The molecule has 2 aromatic heterocycles. The molecule has 234 valence electrons. The van der Waals surface area contributed by atoms with Gasteiger partial charge in [-0.05, 0) is 72.9 Å². The highest BCUT2D eigenvalue weighted by molar-refractivity contribution is 7.80. The number of amides is 2. The summed E-state index contributed by atoms with van der Waals surface area (Å²) < 4.78 is 5.89. The Bertz CT molecular complexity index is 1800. The minimum atomic E-state index is -0.284. The maximum Gasteiger partial charge on any atom is 0.275 e. The Morgan fingerprint density at radius 2 is 1.80 bits per heavy atom. The number of thiazole rings is 1. The number of hydrogen-bond acceptors (Lipinski definition) is 10. The van der Waals surface area contributed by atoms with Crippen LogP contribution in [0.3, 0.4) is 0 Å². The van der Waals surface area contributed by atoms with Crippen LogP contribution in [0.15, 0.2) is 102 Å². The fourth-order valence-electron chi connectivity index (χ4n) is 5.15. The first-order chi connectivity index (χ1) is 22.5. The fourth-order valence-corrected chi connectivity index (χ4v) is 6.49. The number of benzene rings is 3. The Morgan fingerprint density at radius 1 is 0.957 bits per heavy atom. The third-order valence-corrected chi connectivity index (χ3v) is 9.01. The van der Waals surface area contributed by atoms with Crippen molar-refractivity contribution in [2.45, 2.75) is 30.7 Å². The van der Waals surface area contributed by atoms with E-state index in [-0.39, 0.29) is 11.8 Å². The lowest BCUT2D eigenvalue weighted by Gasteiger charge is -2.30. The lowest BCUT2D eigenvalue weighted by atomic mass is 9.95. The van der Waals surface area contributed by atoms with Gasteiger partial charge in [0, 0.05) is 34.6 Å². The molecular formula is C34H33N7O3S2. The van der Waals surface area contributed by atoms with Crippen LogP contribution in [0.5, 0.6) is 5.75 Å². The van der Waals surface area contributed by atoms with Crippen molar-refractivity contribution < 1.29 is 14.3 Å². The second kappa shape index (κ2) is 14.9. The number of anilines is 3. The van der Waals surface area contributed by atoms with Crippen molar-refractivity contribution in [3.8, 4) is 5.75 Å². The topological polar surface area (TPSA) is 121 Å². The van der Waals surface area contributed by atoms with E-state index in [2.05, 4.69) is 50.3 Å². The quantitative estimate of drug-likeness (QED) is 0.0642. The van der Waals surface area contributed by atoms with Crippen molar-refractivity contribution >= 4 is 52.3 Å². The molecule has 1 aliphatic heterocycles. The first-order valence-corrected chi connectivity index (χ1v) is 16.2. The number of rotatable bonds is 12. The van der Waals surface area contributed by atoms with Gasteiger partial charge in [0.15, 0.2) is 5.13 Å². The normalized spacial score (nSPS) is 12.2. The van der Waals surface area contributed by atoms with E-state index in [0.717, 1.165) is 50.3 Å². The van der Waals surface area contributed by atoms with Gasteiger partial charge in [0.2, 0.25) is 0 Å². The van der Waals surface area contributed by atoms with Crippen LogP contribution in [-0.4, -0.2) is 34.9 Å². The molecule has 0 atom stereocenters. The van der Waals surface area contributed by atoms with E-state index in [1.54, 1.807) is 24.5 Å². The minimum Gasteiger partial charge on any atom is -0.494 e. The number of para-hydroxylation sites is 2. The molecule has 0 fully saturated rings. The number of pyridine rings is 1. The summed E-state index contributed by atoms with van der Waals surface area (Å²) in [6.45, 7) is 1.71. The molecule has 0 aliphatic carbocycles. The molecule has 12 heteroatoms. The number of fused-ring (bicyclic) bond motifs is 1. The zero-order valence-electron chi connectivity index (χ0n) is 24.9. The van der Waals surface area contributed by atoms with Crippen molar-refractivity contribution in [3.05, 3.63) is 125 Å². The van der Waals surface area contributed by atoms with Crippen LogP contribution in [-0.2, 0) is 19.4 Å². The number of hydrazine groups is 2. The fraction of sp³-hybridized carbons (Fsp3) is 0.176. The summed E-state index contributed by atoms with van der Waals surface area (Å²) in [6.07, 6.45) is 5.35. The summed E-state index contributed by atoms with van der Waals surface area (Å²) in [5.74, 6) is 0.261. The van der Waals surface area contributed by atoms with Gasteiger partial charge in [-0.15, -0.1) is 29.5 Å². The number of aromatic nitrogens is 2. The summed E-state index contributed by atoms with van der Waals surface area (Å²) in [5.41, 5.74) is 12.8. The Labute approximate surface area is 276 Å². The predicted octanol–water partition coefficient (Wildman–Crippen LogP) is 5.91. The zero-order valence-corrected chi connectivity index (χ0v) is 26.6. The van der Waals surface area contributed by atoms with Gasteiger partial charge >= 0.3 is 0 Å². The molecule has 2 amide bonds. The molecule has 0 saturated carbocycles. The molecule has 10 nitrogen and oxygen atoms in total. The van der Waals surface area contributed by atoms with Crippen LogP contribution in [0, 0.1) is 0 Å². The maximum atomic E-state index is 13.4. The summed E-state index contributed by atoms with van der Waals surface area (Å²) in [7, 11) is 0. The molecule has 46 heavy (non-hydrogen) atoms. The lowest BCUT2D eigenvalue weighted by Crippen LogP contribution is -2.42. The molecule has 6 rings (SSSR count). The van der Waals surface area contributed by atoms with Gasteiger partial charge in [0.25, 0.3) is 11.8 Å². The van der Waals surface area contributed by atoms with Crippen molar-refractivity contribution in [1.82, 2.24) is 20.9 Å². The highest BCUT2D eigenvalue weighted by atomic mass is 32.1. The number of thiol groups is 1. The van der Waals surface area contributed by atoms with Crippen LogP contribution in [0.2, 0.25) is 0 Å². The van der Waals surface area contributed by atoms with Gasteiger partial charge < -0.3 is 20.4 Å². The molecule has 4 N–H and O–H groups in total. The predicted molar refractivity (Wildman–Crippen MR) is 184 cm³/mol. The van der Waals surface area contributed by atoms with E-state index >= 15 is 0 Å². The van der Waals surface area contributed by atoms with Crippen LogP contribution in [0.25, 0.3) is 0 Å². The summed E-state index contributed by atoms with van der Waals surface area (Å²) in [6, 6.07) is 26.5. The molecule has 0 radical (unpaired) electrons. The molecule has 0 saturated heterocycles. The van der Waals surface area contributed by atoms with E-state index in [1.807, 2.05) is 66.7 Å².